The number of carbonyl (C=O) groups excluding carboxylic acids is 2. The number of halogens is 1. The summed E-state index contributed by atoms with van der Waals surface area (Å²) < 4.78 is 37.6. The van der Waals surface area contributed by atoms with E-state index in [0.29, 0.717) is 33.7 Å². The molecule has 0 saturated heterocycles. The molecular formula is C32H31FN2O6. The fourth-order valence-electron chi connectivity index (χ4n) is 5.09. The van der Waals surface area contributed by atoms with E-state index in [0.717, 1.165) is 32.1 Å². The number of carbonyl (C=O) groups is 2. The highest BCUT2D eigenvalue weighted by Crippen LogP contribution is 2.38. The lowest BCUT2D eigenvalue weighted by Crippen LogP contribution is -2.39. The maximum Gasteiger partial charge on any atom is 0.338 e. The summed E-state index contributed by atoms with van der Waals surface area (Å²) in [6, 6.07) is 17.8. The van der Waals surface area contributed by atoms with Gasteiger partial charge in [-0.15, -0.1) is 0 Å². The first-order valence-corrected chi connectivity index (χ1v) is 13.5. The summed E-state index contributed by atoms with van der Waals surface area (Å²) in [6.45, 7) is 0. The number of anilines is 1. The SMILES string of the molecule is COc1cc2nccc(Oc3ccc(NC(=O)C(OC(=O)c4ccccc4)C4CCCCC4)cc3F)c2cc1OC. The topological polar surface area (TPSA) is 96.0 Å². The minimum absolute atomic E-state index is 0.0374. The van der Waals surface area contributed by atoms with Gasteiger partial charge in [0.15, 0.2) is 29.2 Å². The molecule has 3 aromatic carbocycles. The molecule has 9 heteroatoms. The van der Waals surface area contributed by atoms with E-state index < -0.39 is 23.8 Å². The second-order valence-electron chi connectivity index (χ2n) is 9.86. The van der Waals surface area contributed by atoms with Crippen molar-refractivity contribution < 1.29 is 32.9 Å². The van der Waals surface area contributed by atoms with E-state index in [1.54, 1.807) is 60.8 Å². The number of hydrogen-bond acceptors (Lipinski definition) is 7. The van der Waals surface area contributed by atoms with Crippen LogP contribution < -0.4 is 19.5 Å². The molecule has 0 spiro atoms. The molecule has 41 heavy (non-hydrogen) atoms. The summed E-state index contributed by atoms with van der Waals surface area (Å²) in [5, 5.41) is 3.34. The standard InChI is InChI=1S/C32H31FN2O6/c1-38-28-18-23-25(19-29(28)39-2)34-16-15-26(23)40-27-14-13-22(17-24(27)33)35-31(36)30(20-9-5-3-6-10-20)41-32(37)21-11-7-4-8-12-21/h4,7-8,11-20,30H,3,5-6,9-10H2,1-2H3,(H,35,36). The summed E-state index contributed by atoms with van der Waals surface area (Å²) in [6.07, 6.45) is 5.11. The van der Waals surface area contributed by atoms with Crippen LogP contribution in [-0.2, 0) is 9.53 Å². The second kappa shape index (κ2) is 12.7. The predicted molar refractivity (Wildman–Crippen MR) is 152 cm³/mol. The van der Waals surface area contributed by atoms with E-state index >= 15 is 4.39 Å². The van der Waals surface area contributed by atoms with Gasteiger partial charge in [0, 0.05) is 35.3 Å². The molecule has 212 valence electrons. The Hall–Kier alpha value is -4.66. The van der Waals surface area contributed by atoms with Crippen LogP contribution in [0.3, 0.4) is 0 Å². The molecule has 1 aliphatic rings. The molecule has 5 rings (SSSR count). The number of methoxy groups -OCH3 is 2. The van der Waals surface area contributed by atoms with Crippen molar-refractivity contribution in [2.45, 2.75) is 38.2 Å². The monoisotopic (exact) mass is 558 g/mol. The third-order valence-corrected chi connectivity index (χ3v) is 7.21. The van der Waals surface area contributed by atoms with Crippen LogP contribution in [0.1, 0.15) is 42.5 Å². The van der Waals surface area contributed by atoms with Gasteiger partial charge in [0.1, 0.15) is 5.75 Å². The zero-order valence-corrected chi connectivity index (χ0v) is 22.9. The predicted octanol–water partition coefficient (Wildman–Crippen LogP) is 6.93. The Morgan fingerprint density at radius 2 is 1.61 bits per heavy atom. The lowest BCUT2D eigenvalue weighted by Gasteiger charge is -2.29. The van der Waals surface area contributed by atoms with E-state index in [1.807, 2.05) is 0 Å². The zero-order valence-electron chi connectivity index (χ0n) is 22.9. The molecule has 1 N–H and O–H groups in total. The van der Waals surface area contributed by atoms with Crippen LogP contribution in [-0.4, -0.2) is 37.2 Å². The van der Waals surface area contributed by atoms with Gasteiger partial charge in [-0.05, 0) is 49.2 Å². The maximum atomic E-state index is 15.2. The fraction of sp³-hybridized carbons (Fsp3) is 0.281. The van der Waals surface area contributed by atoms with Crippen LogP contribution in [0, 0.1) is 11.7 Å². The van der Waals surface area contributed by atoms with Crippen molar-refractivity contribution in [1.82, 2.24) is 4.98 Å². The van der Waals surface area contributed by atoms with Gasteiger partial charge in [0.25, 0.3) is 5.91 Å². The van der Waals surface area contributed by atoms with Gasteiger partial charge < -0.3 is 24.3 Å². The van der Waals surface area contributed by atoms with E-state index in [1.165, 1.54) is 26.4 Å². The maximum absolute atomic E-state index is 15.2. The van der Waals surface area contributed by atoms with Crippen molar-refractivity contribution >= 4 is 28.5 Å². The molecule has 0 bridgehead atoms. The van der Waals surface area contributed by atoms with Crippen LogP contribution >= 0.6 is 0 Å². The second-order valence-corrected chi connectivity index (χ2v) is 9.86. The lowest BCUT2D eigenvalue weighted by molar-refractivity contribution is -0.128. The first kappa shape index (κ1) is 27.9. The third kappa shape index (κ3) is 6.40. The summed E-state index contributed by atoms with van der Waals surface area (Å²) in [5.41, 5.74) is 1.18. The summed E-state index contributed by atoms with van der Waals surface area (Å²) in [4.78, 5) is 30.5. The van der Waals surface area contributed by atoms with E-state index in [9.17, 15) is 9.59 Å². The van der Waals surface area contributed by atoms with Crippen molar-refractivity contribution in [3.05, 3.63) is 84.3 Å². The summed E-state index contributed by atoms with van der Waals surface area (Å²) in [5.74, 6) is -0.515. The zero-order chi connectivity index (χ0) is 28.8. The number of nitrogens with zero attached hydrogens (tertiary/aromatic N) is 1. The summed E-state index contributed by atoms with van der Waals surface area (Å²) in [7, 11) is 3.05. The van der Waals surface area contributed by atoms with Crippen LogP contribution in [0.15, 0.2) is 72.9 Å². The van der Waals surface area contributed by atoms with Crippen LogP contribution in [0.5, 0.6) is 23.0 Å². The molecule has 1 aliphatic carbocycles. The van der Waals surface area contributed by atoms with Gasteiger partial charge in [-0.1, -0.05) is 37.5 Å². The number of esters is 1. The Labute approximate surface area is 237 Å². The van der Waals surface area contributed by atoms with Crippen LogP contribution in [0.2, 0.25) is 0 Å². The van der Waals surface area contributed by atoms with Gasteiger partial charge in [-0.25, -0.2) is 9.18 Å². The molecule has 1 heterocycles. The van der Waals surface area contributed by atoms with E-state index in [-0.39, 0.29) is 17.4 Å². The number of nitrogens with one attached hydrogen (secondary N) is 1. The van der Waals surface area contributed by atoms with Crippen molar-refractivity contribution in [3.63, 3.8) is 0 Å². The number of aromatic nitrogens is 1. The Morgan fingerprint density at radius 1 is 0.878 bits per heavy atom. The van der Waals surface area contributed by atoms with Crippen LogP contribution in [0.25, 0.3) is 10.9 Å². The molecule has 8 nitrogen and oxygen atoms in total. The molecule has 1 amide bonds. The molecule has 1 atom stereocenters. The Balaban J connectivity index is 1.34. The number of amides is 1. The van der Waals surface area contributed by atoms with E-state index in [2.05, 4.69) is 10.3 Å². The molecule has 1 aromatic heterocycles. The van der Waals surface area contributed by atoms with Gasteiger partial charge in [0.05, 0.1) is 25.3 Å². The van der Waals surface area contributed by atoms with Crippen molar-refractivity contribution in [1.29, 1.82) is 0 Å². The first-order valence-electron chi connectivity index (χ1n) is 13.5. The Morgan fingerprint density at radius 3 is 2.32 bits per heavy atom. The Bertz CT molecular complexity index is 1540. The van der Waals surface area contributed by atoms with Crippen molar-refractivity contribution in [3.8, 4) is 23.0 Å². The number of benzene rings is 3. The number of rotatable bonds is 9. The molecule has 1 unspecified atom stereocenters. The molecule has 0 aliphatic heterocycles. The number of pyridine rings is 1. The lowest BCUT2D eigenvalue weighted by atomic mass is 9.84. The minimum Gasteiger partial charge on any atom is -0.493 e. The summed E-state index contributed by atoms with van der Waals surface area (Å²) >= 11 is 0. The average Bonchev–Trinajstić information content (AvgIpc) is 3.01. The normalized spacial score (nSPS) is 14.2. The highest BCUT2D eigenvalue weighted by atomic mass is 19.1. The van der Waals surface area contributed by atoms with Crippen LogP contribution in [0.4, 0.5) is 10.1 Å². The molecule has 1 saturated carbocycles. The fourth-order valence-corrected chi connectivity index (χ4v) is 5.09. The highest BCUT2D eigenvalue weighted by molar-refractivity contribution is 5.98. The number of fused-ring (bicyclic) bond motifs is 1. The van der Waals surface area contributed by atoms with E-state index in [4.69, 9.17) is 18.9 Å². The highest BCUT2D eigenvalue weighted by Gasteiger charge is 2.33. The first-order chi connectivity index (χ1) is 20.0. The largest absolute Gasteiger partial charge is 0.493 e. The third-order valence-electron chi connectivity index (χ3n) is 7.21. The van der Waals surface area contributed by atoms with Crippen molar-refractivity contribution in [2.75, 3.05) is 19.5 Å². The quantitative estimate of drug-likeness (QED) is 0.223. The minimum atomic E-state index is -0.989. The van der Waals surface area contributed by atoms with Gasteiger partial charge in [-0.2, -0.15) is 0 Å². The van der Waals surface area contributed by atoms with Crippen molar-refractivity contribution in [2.24, 2.45) is 5.92 Å². The molecule has 0 radical (unpaired) electrons. The smallest absolute Gasteiger partial charge is 0.338 e. The van der Waals surface area contributed by atoms with Gasteiger partial charge in [-0.3, -0.25) is 9.78 Å². The molecular weight excluding hydrogens is 527 g/mol. The number of ether oxygens (including phenoxy) is 4. The molecule has 4 aromatic rings. The molecule has 1 fully saturated rings. The average molecular weight is 559 g/mol. The Kier molecular flexibility index (Phi) is 8.62. The van der Waals surface area contributed by atoms with Gasteiger partial charge in [0.2, 0.25) is 0 Å². The van der Waals surface area contributed by atoms with Gasteiger partial charge >= 0.3 is 5.97 Å². The number of hydrogen-bond donors (Lipinski definition) is 1.